The Hall–Kier alpha value is -2.32. The zero-order valence-corrected chi connectivity index (χ0v) is 16.2. The van der Waals surface area contributed by atoms with Crippen molar-refractivity contribution in [3.8, 4) is 0 Å². The van der Waals surface area contributed by atoms with Gasteiger partial charge in [0.15, 0.2) is 0 Å². The Balaban J connectivity index is 5.22. The summed E-state index contributed by atoms with van der Waals surface area (Å²) in [6.07, 6.45) is 0.876. The molecule has 0 radical (unpaired) electrons. The number of nitrogens with zero attached hydrogens (tertiary/aromatic N) is 1. The first kappa shape index (κ1) is 23.7. The number of rotatable bonds is 10. The van der Waals surface area contributed by atoms with Crippen LogP contribution in [0, 0.1) is 0 Å². The van der Waals surface area contributed by atoms with Gasteiger partial charge in [-0.2, -0.15) is 0 Å². The van der Waals surface area contributed by atoms with E-state index >= 15 is 0 Å². The third-order valence-corrected chi connectivity index (χ3v) is 3.26. The molecular formula is C17H30N2O7. The third-order valence-electron chi connectivity index (χ3n) is 3.26. The quantitative estimate of drug-likeness (QED) is 0.439. The lowest BCUT2D eigenvalue weighted by atomic mass is 10.1. The number of carboxylic acids is 1. The minimum absolute atomic E-state index is 0.258. The fourth-order valence-corrected chi connectivity index (χ4v) is 2.09. The molecule has 1 atom stereocenters. The van der Waals surface area contributed by atoms with E-state index in [2.05, 4.69) is 10.1 Å². The SMILES string of the molecule is CCCCCN(CC(=O)OC)C(=O)[C@H](CC(=O)O)NC(=O)OC(C)(C)C. The molecule has 0 aliphatic carbocycles. The van der Waals surface area contributed by atoms with Crippen LogP contribution in [0.25, 0.3) is 0 Å². The van der Waals surface area contributed by atoms with Crippen molar-refractivity contribution < 1.29 is 33.8 Å². The lowest BCUT2D eigenvalue weighted by Crippen LogP contribution is -2.52. The van der Waals surface area contributed by atoms with Gasteiger partial charge in [-0.05, 0) is 27.2 Å². The van der Waals surface area contributed by atoms with Crippen LogP contribution >= 0.6 is 0 Å². The van der Waals surface area contributed by atoms with Gasteiger partial charge in [-0.25, -0.2) is 4.79 Å². The van der Waals surface area contributed by atoms with Crippen LogP contribution in [-0.2, 0) is 23.9 Å². The molecule has 0 unspecified atom stereocenters. The van der Waals surface area contributed by atoms with Crippen molar-refractivity contribution in [2.75, 3.05) is 20.2 Å². The number of hydrogen-bond donors (Lipinski definition) is 2. The van der Waals surface area contributed by atoms with Gasteiger partial charge in [-0.3, -0.25) is 14.4 Å². The third kappa shape index (κ3) is 10.5. The molecular weight excluding hydrogens is 344 g/mol. The largest absolute Gasteiger partial charge is 0.481 e. The van der Waals surface area contributed by atoms with Crippen LogP contribution in [0.3, 0.4) is 0 Å². The highest BCUT2D eigenvalue weighted by Crippen LogP contribution is 2.09. The van der Waals surface area contributed by atoms with Gasteiger partial charge < -0.3 is 24.8 Å². The Morgan fingerprint density at radius 1 is 1.15 bits per heavy atom. The average Bonchev–Trinajstić information content (AvgIpc) is 2.50. The lowest BCUT2D eigenvalue weighted by Gasteiger charge is -2.27. The highest BCUT2D eigenvalue weighted by atomic mass is 16.6. The summed E-state index contributed by atoms with van der Waals surface area (Å²) in [5.74, 6) is -2.55. The van der Waals surface area contributed by atoms with Gasteiger partial charge in [0.25, 0.3) is 0 Å². The van der Waals surface area contributed by atoms with Crippen LogP contribution in [-0.4, -0.2) is 65.8 Å². The van der Waals surface area contributed by atoms with Gasteiger partial charge in [0.1, 0.15) is 18.2 Å². The lowest BCUT2D eigenvalue weighted by molar-refractivity contribution is -0.148. The number of unbranched alkanes of at least 4 members (excludes halogenated alkanes) is 2. The molecule has 2 amide bonds. The number of carbonyl (C=O) groups is 4. The van der Waals surface area contributed by atoms with Crippen LogP contribution in [0.5, 0.6) is 0 Å². The smallest absolute Gasteiger partial charge is 0.408 e. The van der Waals surface area contributed by atoms with E-state index in [9.17, 15) is 19.2 Å². The molecule has 0 heterocycles. The summed E-state index contributed by atoms with van der Waals surface area (Å²) in [5, 5.41) is 11.3. The standard InChI is InChI=1S/C17H30N2O7/c1-6-7-8-9-19(11-14(22)25-5)15(23)12(10-13(20)21)18-16(24)26-17(2,3)4/h12H,6-11H2,1-5H3,(H,18,24)(H,20,21)/t12-/m0/s1. The fourth-order valence-electron chi connectivity index (χ4n) is 2.09. The monoisotopic (exact) mass is 374 g/mol. The van der Waals surface area contributed by atoms with Gasteiger partial charge in [0.05, 0.1) is 13.5 Å². The van der Waals surface area contributed by atoms with Crippen molar-refractivity contribution in [1.82, 2.24) is 10.2 Å². The minimum Gasteiger partial charge on any atom is -0.481 e. The molecule has 0 rings (SSSR count). The normalized spacial score (nSPS) is 12.0. The maximum absolute atomic E-state index is 12.7. The highest BCUT2D eigenvalue weighted by Gasteiger charge is 2.30. The predicted molar refractivity (Wildman–Crippen MR) is 93.5 cm³/mol. The number of amides is 2. The van der Waals surface area contributed by atoms with E-state index in [4.69, 9.17) is 9.84 Å². The first-order valence-corrected chi connectivity index (χ1v) is 8.57. The second-order valence-corrected chi connectivity index (χ2v) is 6.84. The molecule has 0 bridgehead atoms. The van der Waals surface area contributed by atoms with Crippen LogP contribution in [0.1, 0.15) is 53.4 Å². The number of ether oxygens (including phenoxy) is 2. The van der Waals surface area contributed by atoms with Crippen LogP contribution < -0.4 is 5.32 Å². The summed E-state index contributed by atoms with van der Waals surface area (Å²) in [6.45, 7) is 6.88. The summed E-state index contributed by atoms with van der Waals surface area (Å²) in [5.41, 5.74) is -0.798. The van der Waals surface area contributed by atoms with Crippen LogP contribution in [0.15, 0.2) is 0 Å². The van der Waals surface area contributed by atoms with E-state index in [0.29, 0.717) is 6.42 Å². The zero-order chi connectivity index (χ0) is 20.3. The second kappa shape index (κ2) is 11.3. The van der Waals surface area contributed by atoms with E-state index < -0.39 is 42.0 Å². The van der Waals surface area contributed by atoms with Crippen molar-refractivity contribution in [1.29, 1.82) is 0 Å². The zero-order valence-electron chi connectivity index (χ0n) is 16.2. The molecule has 0 aromatic rings. The van der Waals surface area contributed by atoms with Gasteiger partial charge in [0, 0.05) is 6.54 Å². The molecule has 0 aromatic carbocycles. The first-order chi connectivity index (χ1) is 12.0. The summed E-state index contributed by atoms with van der Waals surface area (Å²) in [4.78, 5) is 48.5. The Morgan fingerprint density at radius 3 is 2.23 bits per heavy atom. The maximum atomic E-state index is 12.7. The molecule has 0 spiro atoms. The van der Waals surface area contributed by atoms with Crippen molar-refractivity contribution in [3.05, 3.63) is 0 Å². The van der Waals surface area contributed by atoms with E-state index in [1.54, 1.807) is 20.8 Å². The van der Waals surface area contributed by atoms with Crippen molar-refractivity contribution in [2.24, 2.45) is 0 Å². The van der Waals surface area contributed by atoms with Gasteiger partial charge in [0.2, 0.25) is 5.91 Å². The molecule has 0 aliphatic heterocycles. The summed E-state index contributed by atoms with van der Waals surface area (Å²) < 4.78 is 9.66. The van der Waals surface area contributed by atoms with E-state index in [1.165, 1.54) is 12.0 Å². The minimum atomic E-state index is -1.34. The molecule has 26 heavy (non-hydrogen) atoms. The Bertz CT molecular complexity index is 500. The van der Waals surface area contributed by atoms with Crippen molar-refractivity contribution >= 4 is 23.9 Å². The summed E-state index contributed by atoms with van der Waals surface area (Å²) >= 11 is 0. The predicted octanol–water partition coefficient (Wildman–Crippen LogP) is 1.55. The molecule has 0 fully saturated rings. The highest BCUT2D eigenvalue weighted by molar-refractivity contribution is 5.91. The molecule has 150 valence electrons. The molecule has 0 saturated carbocycles. The number of alkyl carbamates (subject to hydrolysis) is 1. The molecule has 0 aliphatic rings. The molecule has 0 aromatic heterocycles. The van der Waals surface area contributed by atoms with E-state index in [1.807, 2.05) is 6.92 Å². The number of carbonyl (C=O) groups excluding carboxylic acids is 3. The van der Waals surface area contributed by atoms with Gasteiger partial charge in [-0.1, -0.05) is 19.8 Å². The number of esters is 1. The van der Waals surface area contributed by atoms with Gasteiger partial charge >= 0.3 is 18.0 Å². The number of nitrogens with one attached hydrogen (secondary N) is 1. The summed E-state index contributed by atoms with van der Waals surface area (Å²) in [6, 6.07) is -1.34. The molecule has 0 saturated heterocycles. The van der Waals surface area contributed by atoms with E-state index in [-0.39, 0.29) is 13.1 Å². The molecule has 9 nitrogen and oxygen atoms in total. The second-order valence-electron chi connectivity index (χ2n) is 6.84. The fraction of sp³-hybridized carbons (Fsp3) is 0.765. The van der Waals surface area contributed by atoms with Crippen LogP contribution in [0.4, 0.5) is 4.79 Å². The first-order valence-electron chi connectivity index (χ1n) is 8.57. The van der Waals surface area contributed by atoms with Crippen molar-refractivity contribution in [3.63, 3.8) is 0 Å². The van der Waals surface area contributed by atoms with Crippen LogP contribution in [0.2, 0.25) is 0 Å². The Morgan fingerprint density at radius 2 is 1.77 bits per heavy atom. The molecule has 9 heteroatoms. The topological polar surface area (TPSA) is 122 Å². The van der Waals surface area contributed by atoms with Crippen molar-refractivity contribution in [2.45, 2.75) is 65.0 Å². The number of carboxylic acid groups (broad SMARTS) is 1. The van der Waals surface area contributed by atoms with E-state index in [0.717, 1.165) is 12.8 Å². The van der Waals surface area contributed by atoms with Gasteiger partial charge in [-0.15, -0.1) is 0 Å². The number of hydrogen-bond acceptors (Lipinski definition) is 6. The average molecular weight is 374 g/mol. The Labute approximate surface area is 154 Å². The number of methoxy groups -OCH3 is 1. The maximum Gasteiger partial charge on any atom is 0.408 e. The Kier molecular flexibility index (Phi) is 10.3. The molecule has 2 N–H and O–H groups in total. The summed E-state index contributed by atoms with van der Waals surface area (Å²) in [7, 11) is 1.20. The number of aliphatic carboxylic acids is 1.